The summed E-state index contributed by atoms with van der Waals surface area (Å²) in [5.74, 6) is 1.51. The summed E-state index contributed by atoms with van der Waals surface area (Å²) in [4.78, 5) is 17.9. The molecule has 1 aromatic carbocycles. The van der Waals surface area contributed by atoms with Gasteiger partial charge in [-0.25, -0.2) is 4.79 Å². The standard InChI is InChI=1S/C20H27N3O3/c1-5-17-21-19(26-4)18-16(22(20(24)25)10-11-23(17)18)9-8-15-7-6-13(2)14(3)12-15/h6-7,12,16H,5,8-11H2,1-4H3,(H,24,25). The average molecular weight is 357 g/mol. The van der Waals surface area contributed by atoms with Crippen LogP contribution < -0.4 is 4.74 Å². The van der Waals surface area contributed by atoms with Crippen LogP contribution in [0.1, 0.15) is 47.6 Å². The van der Waals surface area contributed by atoms with Crippen LogP contribution in [-0.2, 0) is 19.4 Å². The number of imidazole rings is 1. The van der Waals surface area contributed by atoms with Gasteiger partial charge in [0.15, 0.2) is 0 Å². The lowest BCUT2D eigenvalue weighted by atomic mass is 9.98. The summed E-state index contributed by atoms with van der Waals surface area (Å²) in [6, 6.07) is 6.20. The zero-order valence-corrected chi connectivity index (χ0v) is 16.0. The molecule has 2 heterocycles. The van der Waals surface area contributed by atoms with Crippen molar-refractivity contribution in [2.45, 2.75) is 52.6 Å². The Hall–Kier alpha value is -2.50. The number of aryl methyl sites for hydroxylation is 4. The Balaban J connectivity index is 1.93. The second kappa shape index (κ2) is 7.40. The fourth-order valence-corrected chi connectivity index (χ4v) is 3.78. The smallest absolute Gasteiger partial charge is 0.407 e. The number of hydrogen-bond donors (Lipinski definition) is 1. The van der Waals surface area contributed by atoms with E-state index < -0.39 is 6.09 Å². The Morgan fingerprint density at radius 1 is 1.31 bits per heavy atom. The average Bonchev–Trinajstić information content (AvgIpc) is 3.00. The van der Waals surface area contributed by atoms with Gasteiger partial charge in [0, 0.05) is 19.5 Å². The summed E-state index contributed by atoms with van der Waals surface area (Å²) in [6.45, 7) is 7.37. The molecule has 0 aliphatic carbocycles. The summed E-state index contributed by atoms with van der Waals surface area (Å²) in [5, 5.41) is 9.69. The van der Waals surface area contributed by atoms with Crippen LogP contribution in [0.2, 0.25) is 0 Å². The molecule has 1 atom stereocenters. The van der Waals surface area contributed by atoms with Crippen molar-refractivity contribution in [3.63, 3.8) is 0 Å². The molecule has 2 aromatic rings. The van der Waals surface area contributed by atoms with Crippen molar-refractivity contribution in [2.24, 2.45) is 0 Å². The van der Waals surface area contributed by atoms with Crippen LogP contribution in [0.25, 0.3) is 0 Å². The minimum absolute atomic E-state index is 0.245. The van der Waals surface area contributed by atoms with E-state index >= 15 is 0 Å². The summed E-state index contributed by atoms with van der Waals surface area (Å²) >= 11 is 0. The molecule has 1 N–H and O–H groups in total. The number of benzene rings is 1. The molecule has 1 unspecified atom stereocenters. The predicted octanol–water partition coefficient (Wildman–Crippen LogP) is 3.74. The summed E-state index contributed by atoms with van der Waals surface area (Å²) in [5.41, 5.74) is 4.65. The van der Waals surface area contributed by atoms with Gasteiger partial charge in [-0.05, 0) is 43.4 Å². The zero-order chi connectivity index (χ0) is 18.8. The topological polar surface area (TPSA) is 67.6 Å². The summed E-state index contributed by atoms with van der Waals surface area (Å²) in [6.07, 6.45) is 1.43. The van der Waals surface area contributed by atoms with Crippen LogP contribution in [0.4, 0.5) is 4.79 Å². The maximum atomic E-state index is 11.8. The van der Waals surface area contributed by atoms with E-state index in [9.17, 15) is 9.90 Å². The van der Waals surface area contributed by atoms with Gasteiger partial charge >= 0.3 is 6.09 Å². The van der Waals surface area contributed by atoms with E-state index in [-0.39, 0.29) is 6.04 Å². The Morgan fingerprint density at radius 2 is 2.08 bits per heavy atom. The Labute approximate surface area is 154 Å². The quantitative estimate of drug-likeness (QED) is 0.885. The first kappa shape index (κ1) is 18.3. The number of methoxy groups -OCH3 is 1. The van der Waals surface area contributed by atoms with Crippen molar-refractivity contribution in [3.05, 3.63) is 46.4 Å². The van der Waals surface area contributed by atoms with Gasteiger partial charge in [-0.3, -0.25) is 4.90 Å². The Kier molecular flexibility index (Phi) is 5.20. The minimum Gasteiger partial charge on any atom is -0.480 e. The molecule has 140 valence electrons. The molecular weight excluding hydrogens is 330 g/mol. The minimum atomic E-state index is -0.886. The first-order valence-electron chi connectivity index (χ1n) is 9.15. The number of fused-ring (bicyclic) bond motifs is 1. The third-order valence-corrected chi connectivity index (χ3v) is 5.34. The number of amides is 1. The lowest BCUT2D eigenvalue weighted by molar-refractivity contribution is 0.105. The van der Waals surface area contributed by atoms with Gasteiger partial charge in [0.1, 0.15) is 11.5 Å². The van der Waals surface area contributed by atoms with E-state index in [1.807, 2.05) is 0 Å². The highest BCUT2D eigenvalue weighted by molar-refractivity contribution is 5.66. The van der Waals surface area contributed by atoms with Gasteiger partial charge in [0.2, 0.25) is 5.88 Å². The van der Waals surface area contributed by atoms with Crippen molar-refractivity contribution < 1.29 is 14.6 Å². The van der Waals surface area contributed by atoms with E-state index in [1.165, 1.54) is 21.6 Å². The highest BCUT2D eigenvalue weighted by Gasteiger charge is 2.35. The number of ether oxygens (including phenoxy) is 1. The second-order valence-corrected chi connectivity index (χ2v) is 6.88. The van der Waals surface area contributed by atoms with Gasteiger partial charge in [0.25, 0.3) is 0 Å². The highest BCUT2D eigenvalue weighted by atomic mass is 16.5. The molecule has 0 spiro atoms. The third kappa shape index (κ3) is 3.28. The molecule has 0 fully saturated rings. The summed E-state index contributed by atoms with van der Waals surface area (Å²) in [7, 11) is 1.60. The molecule has 1 aliphatic rings. The maximum absolute atomic E-state index is 11.8. The van der Waals surface area contributed by atoms with E-state index in [0.717, 1.165) is 24.4 Å². The number of aromatic nitrogens is 2. The van der Waals surface area contributed by atoms with Crippen LogP contribution in [0.5, 0.6) is 5.88 Å². The first-order valence-corrected chi connectivity index (χ1v) is 9.15. The number of hydrogen-bond acceptors (Lipinski definition) is 3. The SMILES string of the molecule is CCc1nc(OC)c2n1CCN(C(=O)O)C2CCc1ccc(C)c(C)c1. The van der Waals surface area contributed by atoms with E-state index in [0.29, 0.717) is 25.4 Å². The van der Waals surface area contributed by atoms with Crippen molar-refractivity contribution >= 4 is 6.09 Å². The van der Waals surface area contributed by atoms with Gasteiger partial charge < -0.3 is 14.4 Å². The number of carbonyl (C=O) groups is 1. The van der Waals surface area contributed by atoms with E-state index in [1.54, 1.807) is 7.11 Å². The Bertz CT molecular complexity index is 813. The van der Waals surface area contributed by atoms with Crippen molar-refractivity contribution in [1.82, 2.24) is 14.5 Å². The highest BCUT2D eigenvalue weighted by Crippen LogP contribution is 2.37. The van der Waals surface area contributed by atoms with Crippen molar-refractivity contribution in [2.75, 3.05) is 13.7 Å². The van der Waals surface area contributed by atoms with Gasteiger partial charge in [-0.1, -0.05) is 25.1 Å². The van der Waals surface area contributed by atoms with E-state index in [4.69, 9.17) is 4.74 Å². The molecular formula is C20H27N3O3. The molecule has 0 radical (unpaired) electrons. The Morgan fingerprint density at radius 3 is 2.69 bits per heavy atom. The van der Waals surface area contributed by atoms with Crippen molar-refractivity contribution in [1.29, 1.82) is 0 Å². The number of rotatable bonds is 5. The second-order valence-electron chi connectivity index (χ2n) is 6.88. The van der Waals surface area contributed by atoms with Crippen LogP contribution in [0.15, 0.2) is 18.2 Å². The molecule has 6 heteroatoms. The lowest BCUT2D eigenvalue weighted by Crippen LogP contribution is -2.42. The monoisotopic (exact) mass is 357 g/mol. The first-order chi connectivity index (χ1) is 12.5. The van der Waals surface area contributed by atoms with Gasteiger partial charge in [0.05, 0.1) is 13.2 Å². The van der Waals surface area contributed by atoms with Gasteiger partial charge in [-0.15, -0.1) is 0 Å². The molecule has 0 saturated carbocycles. The zero-order valence-electron chi connectivity index (χ0n) is 16.0. The molecule has 1 aliphatic heterocycles. The molecule has 0 saturated heterocycles. The van der Waals surface area contributed by atoms with E-state index in [2.05, 4.69) is 48.5 Å². The fraction of sp³-hybridized carbons (Fsp3) is 0.500. The molecule has 1 amide bonds. The molecule has 6 nitrogen and oxygen atoms in total. The fourth-order valence-electron chi connectivity index (χ4n) is 3.78. The molecule has 26 heavy (non-hydrogen) atoms. The number of carboxylic acid groups (broad SMARTS) is 1. The predicted molar refractivity (Wildman–Crippen MR) is 99.9 cm³/mol. The summed E-state index contributed by atoms with van der Waals surface area (Å²) < 4.78 is 7.63. The van der Waals surface area contributed by atoms with Crippen LogP contribution in [0, 0.1) is 13.8 Å². The molecule has 0 bridgehead atoms. The van der Waals surface area contributed by atoms with Crippen LogP contribution in [0.3, 0.4) is 0 Å². The number of nitrogens with zero attached hydrogens (tertiary/aromatic N) is 3. The van der Waals surface area contributed by atoms with Gasteiger partial charge in [-0.2, -0.15) is 4.98 Å². The third-order valence-electron chi connectivity index (χ3n) is 5.34. The maximum Gasteiger partial charge on any atom is 0.407 e. The largest absolute Gasteiger partial charge is 0.480 e. The van der Waals surface area contributed by atoms with Crippen molar-refractivity contribution in [3.8, 4) is 5.88 Å². The normalized spacial score (nSPS) is 16.5. The lowest BCUT2D eigenvalue weighted by Gasteiger charge is -2.35. The molecule has 3 rings (SSSR count). The van der Waals surface area contributed by atoms with Crippen LogP contribution >= 0.6 is 0 Å². The van der Waals surface area contributed by atoms with Crippen LogP contribution in [-0.4, -0.2) is 39.3 Å². The molecule has 1 aromatic heterocycles.